The van der Waals surface area contributed by atoms with Gasteiger partial charge in [-0.25, -0.2) is 0 Å². The smallest absolute Gasteiger partial charge is 0.0323 e. The van der Waals surface area contributed by atoms with Gasteiger partial charge in [0.25, 0.3) is 0 Å². The number of aryl methyl sites for hydroxylation is 1. The molecule has 1 atom stereocenters. The molecular weight excluding hydrogens is 220 g/mol. The van der Waals surface area contributed by atoms with Gasteiger partial charge < -0.3 is 11.5 Å². The van der Waals surface area contributed by atoms with E-state index in [2.05, 4.69) is 31.2 Å². The summed E-state index contributed by atoms with van der Waals surface area (Å²) < 4.78 is 0. The maximum atomic E-state index is 6.40. The van der Waals surface area contributed by atoms with Crippen molar-refractivity contribution in [3.8, 4) is 0 Å². The molecule has 1 fully saturated rings. The van der Waals surface area contributed by atoms with Crippen LogP contribution in [-0.2, 0) is 6.42 Å². The van der Waals surface area contributed by atoms with Gasteiger partial charge in [0, 0.05) is 12.1 Å². The second kappa shape index (κ2) is 6.35. The second-order valence-corrected chi connectivity index (χ2v) is 5.69. The van der Waals surface area contributed by atoms with Crippen molar-refractivity contribution in [1.29, 1.82) is 0 Å². The quantitative estimate of drug-likeness (QED) is 0.857. The molecule has 0 heterocycles. The summed E-state index contributed by atoms with van der Waals surface area (Å²) in [4.78, 5) is 0. The minimum atomic E-state index is 0.188. The van der Waals surface area contributed by atoms with Crippen LogP contribution < -0.4 is 11.5 Å². The molecule has 1 unspecified atom stereocenters. The molecule has 2 rings (SSSR count). The summed E-state index contributed by atoms with van der Waals surface area (Å²) in [6.07, 6.45) is 6.98. The molecule has 1 aliphatic rings. The van der Waals surface area contributed by atoms with Crippen molar-refractivity contribution in [2.45, 2.75) is 57.5 Å². The number of hydrogen-bond acceptors (Lipinski definition) is 2. The van der Waals surface area contributed by atoms with Crippen LogP contribution in [0, 0.1) is 5.92 Å². The van der Waals surface area contributed by atoms with Crippen molar-refractivity contribution in [3.05, 3.63) is 35.4 Å². The summed E-state index contributed by atoms with van der Waals surface area (Å²) >= 11 is 0. The molecule has 1 saturated carbocycles. The fourth-order valence-corrected chi connectivity index (χ4v) is 2.97. The number of benzene rings is 1. The van der Waals surface area contributed by atoms with Crippen LogP contribution in [0.5, 0.6) is 0 Å². The van der Waals surface area contributed by atoms with Crippen molar-refractivity contribution in [2.75, 3.05) is 0 Å². The Bertz CT molecular complexity index is 350. The summed E-state index contributed by atoms with van der Waals surface area (Å²) in [7, 11) is 0. The summed E-state index contributed by atoms with van der Waals surface area (Å²) in [6.45, 7) is 2.21. The highest BCUT2D eigenvalue weighted by Crippen LogP contribution is 2.32. The highest BCUT2D eigenvalue weighted by Gasteiger charge is 2.24. The maximum Gasteiger partial charge on any atom is 0.0323 e. The van der Waals surface area contributed by atoms with Crippen molar-refractivity contribution in [1.82, 2.24) is 0 Å². The fraction of sp³-hybridized carbons (Fsp3) is 0.625. The third-order valence-electron chi connectivity index (χ3n) is 4.23. The van der Waals surface area contributed by atoms with E-state index in [4.69, 9.17) is 11.5 Å². The Morgan fingerprint density at radius 1 is 1.11 bits per heavy atom. The lowest BCUT2D eigenvalue weighted by atomic mass is 9.80. The van der Waals surface area contributed by atoms with Crippen LogP contribution >= 0.6 is 0 Å². The van der Waals surface area contributed by atoms with E-state index in [0.717, 1.165) is 19.3 Å². The van der Waals surface area contributed by atoms with Crippen molar-refractivity contribution in [3.63, 3.8) is 0 Å². The zero-order valence-electron chi connectivity index (χ0n) is 11.4. The van der Waals surface area contributed by atoms with Gasteiger partial charge in [-0.15, -0.1) is 0 Å². The average Bonchev–Trinajstić information content (AvgIpc) is 2.40. The van der Waals surface area contributed by atoms with Crippen LogP contribution in [0.3, 0.4) is 0 Å². The molecule has 100 valence electrons. The van der Waals surface area contributed by atoms with Gasteiger partial charge in [-0.2, -0.15) is 0 Å². The van der Waals surface area contributed by atoms with E-state index in [-0.39, 0.29) is 6.04 Å². The Labute approximate surface area is 111 Å². The molecule has 2 nitrogen and oxygen atoms in total. The first-order valence-electron chi connectivity index (χ1n) is 7.30. The van der Waals surface area contributed by atoms with E-state index in [1.54, 1.807) is 0 Å². The molecule has 2 heteroatoms. The Hall–Kier alpha value is -0.860. The van der Waals surface area contributed by atoms with Gasteiger partial charge in [0.1, 0.15) is 0 Å². The van der Waals surface area contributed by atoms with E-state index >= 15 is 0 Å². The minimum absolute atomic E-state index is 0.188. The molecule has 18 heavy (non-hydrogen) atoms. The standard InChI is InChI=1S/C16H26N2/c1-2-3-12-4-6-13(7-5-12)16(18)14-8-10-15(17)11-9-14/h4-7,14-16H,2-3,8-11,17-18H2,1H3. The first kappa shape index (κ1) is 13.6. The zero-order valence-corrected chi connectivity index (χ0v) is 11.4. The Kier molecular flexibility index (Phi) is 4.79. The normalized spacial score (nSPS) is 25.9. The third kappa shape index (κ3) is 3.33. The molecule has 1 aromatic carbocycles. The van der Waals surface area contributed by atoms with Crippen LogP contribution in [0.4, 0.5) is 0 Å². The van der Waals surface area contributed by atoms with Crippen LogP contribution in [0.15, 0.2) is 24.3 Å². The molecule has 0 bridgehead atoms. The first-order chi connectivity index (χ1) is 8.70. The van der Waals surface area contributed by atoms with E-state index < -0.39 is 0 Å². The van der Waals surface area contributed by atoms with Gasteiger partial charge in [0.05, 0.1) is 0 Å². The monoisotopic (exact) mass is 246 g/mol. The molecular formula is C16H26N2. The first-order valence-corrected chi connectivity index (χ1v) is 7.30. The molecule has 0 radical (unpaired) electrons. The Morgan fingerprint density at radius 2 is 1.72 bits per heavy atom. The molecule has 4 N–H and O–H groups in total. The number of rotatable bonds is 4. The summed E-state index contributed by atoms with van der Waals surface area (Å²) in [5, 5.41) is 0. The maximum absolute atomic E-state index is 6.40. The van der Waals surface area contributed by atoms with Crippen molar-refractivity contribution < 1.29 is 0 Å². The van der Waals surface area contributed by atoms with Crippen LogP contribution in [-0.4, -0.2) is 6.04 Å². The molecule has 1 aliphatic carbocycles. The summed E-state index contributed by atoms with van der Waals surface area (Å²) in [5.41, 5.74) is 15.0. The van der Waals surface area contributed by atoms with E-state index in [1.807, 2.05) is 0 Å². The number of nitrogens with two attached hydrogens (primary N) is 2. The van der Waals surface area contributed by atoms with Crippen LogP contribution in [0.25, 0.3) is 0 Å². The van der Waals surface area contributed by atoms with Crippen LogP contribution in [0.1, 0.15) is 56.2 Å². The van der Waals surface area contributed by atoms with Gasteiger partial charge >= 0.3 is 0 Å². The van der Waals surface area contributed by atoms with Crippen molar-refractivity contribution in [2.24, 2.45) is 17.4 Å². The second-order valence-electron chi connectivity index (χ2n) is 5.69. The van der Waals surface area contributed by atoms with Crippen LogP contribution in [0.2, 0.25) is 0 Å². The van der Waals surface area contributed by atoms with Gasteiger partial charge in [0.15, 0.2) is 0 Å². The van der Waals surface area contributed by atoms with E-state index in [0.29, 0.717) is 12.0 Å². The lowest BCUT2D eigenvalue weighted by Gasteiger charge is -2.30. The van der Waals surface area contributed by atoms with Gasteiger partial charge in [-0.1, -0.05) is 37.6 Å². The lowest BCUT2D eigenvalue weighted by molar-refractivity contribution is 0.285. The van der Waals surface area contributed by atoms with Gasteiger partial charge in [-0.05, 0) is 49.1 Å². The fourth-order valence-electron chi connectivity index (χ4n) is 2.97. The lowest BCUT2D eigenvalue weighted by Crippen LogP contribution is -2.31. The largest absolute Gasteiger partial charge is 0.328 e. The Balaban J connectivity index is 1.97. The molecule has 0 aliphatic heterocycles. The summed E-state index contributed by atoms with van der Waals surface area (Å²) in [6, 6.07) is 9.48. The molecule has 1 aromatic rings. The highest BCUT2D eigenvalue weighted by molar-refractivity contribution is 5.25. The number of hydrogen-bond donors (Lipinski definition) is 2. The van der Waals surface area contributed by atoms with E-state index in [9.17, 15) is 0 Å². The average molecular weight is 246 g/mol. The Morgan fingerprint density at radius 3 is 2.28 bits per heavy atom. The third-order valence-corrected chi connectivity index (χ3v) is 4.23. The molecule has 0 aromatic heterocycles. The molecule has 0 amide bonds. The SMILES string of the molecule is CCCc1ccc(C(N)C2CCC(N)CC2)cc1. The summed E-state index contributed by atoms with van der Waals surface area (Å²) in [5.74, 6) is 0.613. The molecule has 0 saturated heterocycles. The van der Waals surface area contributed by atoms with E-state index in [1.165, 1.54) is 30.4 Å². The predicted molar refractivity (Wildman–Crippen MR) is 77.3 cm³/mol. The van der Waals surface area contributed by atoms with Gasteiger partial charge in [-0.3, -0.25) is 0 Å². The highest BCUT2D eigenvalue weighted by atomic mass is 14.7. The van der Waals surface area contributed by atoms with Crippen molar-refractivity contribution >= 4 is 0 Å². The topological polar surface area (TPSA) is 52.0 Å². The van der Waals surface area contributed by atoms with Gasteiger partial charge in [0.2, 0.25) is 0 Å². The zero-order chi connectivity index (χ0) is 13.0. The molecule has 0 spiro atoms. The minimum Gasteiger partial charge on any atom is -0.328 e. The predicted octanol–water partition coefficient (Wildman–Crippen LogP) is 3.16.